The van der Waals surface area contributed by atoms with Crippen LogP contribution >= 0.6 is 34.4 Å². The normalized spacial score (nSPS) is 10.8. The summed E-state index contributed by atoms with van der Waals surface area (Å²) in [7, 11) is 0. The predicted octanol–water partition coefficient (Wildman–Crippen LogP) is 4.42. The van der Waals surface area contributed by atoms with E-state index < -0.39 is 0 Å². The highest BCUT2D eigenvalue weighted by molar-refractivity contribution is 8.00. The number of aryl methyl sites for hydroxylation is 1. The van der Waals surface area contributed by atoms with Crippen molar-refractivity contribution in [1.29, 1.82) is 0 Å². The lowest BCUT2D eigenvalue weighted by Gasteiger charge is -2.17. The van der Waals surface area contributed by atoms with Gasteiger partial charge < -0.3 is 0 Å². The lowest BCUT2D eigenvalue weighted by molar-refractivity contribution is -0.115. The van der Waals surface area contributed by atoms with Crippen LogP contribution in [0.3, 0.4) is 0 Å². The highest BCUT2D eigenvalue weighted by atomic mass is 32.2. The van der Waals surface area contributed by atoms with Crippen LogP contribution in [0.2, 0.25) is 0 Å². The van der Waals surface area contributed by atoms with E-state index >= 15 is 0 Å². The molecular formula is C15H13FN4OS3. The summed E-state index contributed by atoms with van der Waals surface area (Å²) in [5, 5.41) is 11.4. The smallest absolute Gasteiger partial charge is 0.230 e. The van der Waals surface area contributed by atoms with Gasteiger partial charge in [-0.25, -0.2) is 9.37 Å². The van der Waals surface area contributed by atoms with Gasteiger partial charge in [-0.05, 0) is 31.2 Å². The molecule has 124 valence electrons. The molecule has 3 aromatic rings. The number of aromatic nitrogens is 3. The summed E-state index contributed by atoms with van der Waals surface area (Å²) in [6, 6.07) is 5.79. The van der Waals surface area contributed by atoms with Crippen molar-refractivity contribution >= 4 is 51.2 Å². The average molecular weight is 380 g/mol. The molecule has 2 aromatic heterocycles. The van der Waals surface area contributed by atoms with Gasteiger partial charge in [0.2, 0.25) is 5.91 Å². The van der Waals surface area contributed by atoms with Gasteiger partial charge in [-0.3, -0.25) is 9.69 Å². The Morgan fingerprint density at radius 2 is 2.04 bits per heavy atom. The Balaban J connectivity index is 1.76. The second-order valence-electron chi connectivity index (χ2n) is 4.83. The number of carbonyl (C=O) groups is 1. The van der Waals surface area contributed by atoms with E-state index in [0.29, 0.717) is 16.6 Å². The first-order chi connectivity index (χ1) is 11.5. The Hall–Kier alpha value is -1.84. The molecule has 0 aliphatic rings. The summed E-state index contributed by atoms with van der Waals surface area (Å²) in [5.74, 6) is 0.140. The van der Waals surface area contributed by atoms with Gasteiger partial charge in [-0.1, -0.05) is 23.1 Å². The van der Waals surface area contributed by atoms with E-state index in [-0.39, 0.29) is 11.7 Å². The summed E-state index contributed by atoms with van der Waals surface area (Å²) in [4.78, 5) is 18.0. The number of carbonyl (C=O) groups excluding carboxylic acids is 1. The number of halogens is 1. The predicted molar refractivity (Wildman–Crippen MR) is 95.5 cm³/mol. The number of nitrogens with zero attached hydrogens (tertiary/aromatic N) is 4. The Morgan fingerprint density at radius 1 is 1.29 bits per heavy atom. The first-order valence-electron chi connectivity index (χ1n) is 6.96. The van der Waals surface area contributed by atoms with Crippen molar-refractivity contribution in [2.45, 2.75) is 23.9 Å². The van der Waals surface area contributed by atoms with Crippen LogP contribution in [0.15, 0.2) is 34.0 Å². The minimum atomic E-state index is -0.342. The molecule has 0 saturated heterocycles. The number of benzene rings is 1. The zero-order chi connectivity index (χ0) is 17.1. The van der Waals surface area contributed by atoms with E-state index in [2.05, 4.69) is 15.2 Å². The minimum Gasteiger partial charge on any atom is -0.274 e. The van der Waals surface area contributed by atoms with Crippen LogP contribution in [0.4, 0.5) is 15.2 Å². The molecule has 0 aliphatic heterocycles. The molecule has 0 N–H and O–H groups in total. The molecule has 0 aliphatic carbocycles. The molecular weight excluding hydrogens is 367 g/mol. The molecule has 5 nitrogen and oxygen atoms in total. The number of rotatable bonds is 5. The number of hydrogen-bond donors (Lipinski definition) is 0. The second kappa shape index (κ2) is 7.37. The maximum atomic E-state index is 13.1. The van der Waals surface area contributed by atoms with Crippen LogP contribution in [-0.2, 0) is 10.5 Å². The van der Waals surface area contributed by atoms with Crippen LogP contribution in [0, 0.1) is 12.7 Å². The van der Waals surface area contributed by atoms with E-state index in [1.165, 1.54) is 46.6 Å². The van der Waals surface area contributed by atoms with Gasteiger partial charge in [0.25, 0.3) is 0 Å². The van der Waals surface area contributed by atoms with Crippen molar-refractivity contribution in [2.24, 2.45) is 0 Å². The number of hydrogen-bond acceptors (Lipinski definition) is 7. The van der Waals surface area contributed by atoms with Crippen molar-refractivity contribution in [2.75, 3.05) is 4.90 Å². The summed E-state index contributed by atoms with van der Waals surface area (Å²) in [6.07, 6.45) is 0. The molecule has 9 heteroatoms. The molecule has 0 atom stereocenters. The molecule has 0 radical (unpaired) electrons. The van der Waals surface area contributed by atoms with Gasteiger partial charge >= 0.3 is 0 Å². The van der Waals surface area contributed by atoms with Crippen molar-refractivity contribution < 1.29 is 9.18 Å². The zero-order valence-electron chi connectivity index (χ0n) is 12.9. The van der Waals surface area contributed by atoms with Crippen LogP contribution in [0.25, 0.3) is 0 Å². The van der Waals surface area contributed by atoms with Crippen LogP contribution < -0.4 is 4.90 Å². The number of thioether (sulfide) groups is 1. The molecule has 0 saturated carbocycles. The largest absolute Gasteiger partial charge is 0.274 e. The summed E-state index contributed by atoms with van der Waals surface area (Å²) in [5.41, 5.74) is 1.46. The van der Waals surface area contributed by atoms with Crippen molar-refractivity contribution in [1.82, 2.24) is 15.2 Å². The monoisotopic (exact) mass is 380 g/mol. The number of thiazole rings is 1. The van der Waals surface area contributed by atoms with Gasteiger partial charge in [0, 0.05) is 18.1 Å². The SMILES string of the molecule is CC(=O)N(c1ccc(F)cc1)c1nc(CSc2nnc(C)s2)cs1. The fraction of sp³-hybridized carbons (Fsp3) is 0.200. The highest BCUT2D eigenvalue weighted by Crippen LogP contribution is 2.31. The number of amides is 1. The van der Waals surface area contributed by atoms with Crippen LogP contribution in [0.1, 0.15) is 17.6 Å². The van der Waals surface area contributed by atoms with E-state index in [1.807, 2.05) is 12.3 Å². The van der Waals surface area contributed by atoms with E-state index in [1.54, 1.807) is 23.9 Å². The van der Waals surface area contributed by atoms with Gasteiger partial charge in [0.1, 0.15) is 10.8 Å². The lowest BCUT2D eigenvalue weighted by Crippen LogP contribution is -2.22. The van der Waals surface area contributed by atoms with E-state index in [9.17, 15) is 9.18 Å². The fourth-order valence-corrected chi connectivity index (χ4v) is 4.66. The Bertz CT molecular complexity index is 847. The van der Waals surface area contributed by atoms with Gasteiger partial charge in [-0.15, -0.1) is 21.5 Å². The zero-order valence-corrected chi connectivity index (χ0v) is 15.3. The minimum absolute atomic E-state index is 0.171. The van der Waals surface area contributed by atoms with Crippen LogP contribution in [-0.4, -0.2) is 21.1 Å². The molecule has 1 aromatic carbocycles. The maximum absolute atomic E-state index is 13.1. The quantitative estimate of drug-likeness (QED) is 0.613. The fourth-order valence-electron chi connectivity index (χ4n) is 1.95. The first-order valence-corrected chi connectivity index (χ1v) is 9.64. The lowest BCUT2D eigenvalue weighted by atomic mass is 10.3. The molecule has 0 unspecified atom stereocenters. The second-order valence-corrected chi connectivity index (χ2v) is 8.07. The van der Waals surface area contributed by atoms with Gasteiger partial charge in [0.05, 0.1) is 11.4 Å². The number of anilines is 2. The van der Waals surface area contributed by atoms with Crippen molar-refractivity contribution in [3.63, 3.8) is 0 Å². The molecule has 1 amide bonds. The third kappa shape index (κ3) is 3.97. The average Bonchev–Trinajstić information content (AvgIpc) is 3.16. The Morgan fingerprint density at radius 3 is 2.67 bits per heavy atom. The summed E-state index contributed by atoms with van der Waals surface area (Å²) < 4.78 is 14.0. The highest BCUT2D eigenvalue weighted by Gasteiger charge is 2.18. The van der Waals surface area contributed by atoms with Crippen molar-refractivity contribution in [3.8, 4) is 0 Å². The molecule has 0 spiro atoms. The van der Waals surface area contributed by atoms with Crippen molar-refractivity contribution in [3.05, 3.63) is 46.2 Å². The molecule has 2 heterocycles. The standard InChI is InChI=1S/C15H13FN4OS3/c1-9-18-19-15(24-9)23-8-12-7-22-14(17-12)20(10(2)21)13-5-3-11(16)4-6-13/h3-7H,8H2,1-2H3. The summed E-state index contributed by atoms with van der Waals surface area (Å²) >= 11 is 4.48. The third-order valence-electron chi connectivity index (χ3n) is 2.98. The Labute approximate surface area is 150 Å². The molecule has 24 heavy (non-hydrogen) atoms. The maximum Gasteiger partial charge on any atom is 0.230 e. The summed E-state index contributed by atoms with van der Waals surface area (Å²) in [6.45, 7) is 3.37. The third-order valence-corrected chi connectivity index (χ3v) is 5.86. The molecule has 3 rings (SSSR count). The topological polar surface area (TPSA) is 59.0 Å². The van der Waals surface area contributed by atoms with Gasteiger partial charge in [0.15, 0.2) is 9.47 Å². The van der Waals surface area contributed by atoms with E-state index in [4.69, 9.17) is 0 Å². The van der Waals surface area contributed by atoms with Gasteiger partial charge in [-0.2, -0.15) is 0 Å². The first kappa shape index (κ1) is 17.0. The molecule has 0 fully saturated rings. The molecule has 0 bridgehead atoms. The van der Waals surface area contributed by atoms with Crippen LogP contribution in [0.5, 0.6) is 0 Å². The Kier molecular flexibility index (Phi) is 5.22. The van der Waals surface area contributed by atoms with E-state index in [0.717, 1.165) is 15.0 Å².